The molecule has 0 bridgehead atoms. The Labute approximate surface area is 159 Å². The van der Waals surface area contributed by atoms with Crippen molar-refractivity contribution in [3.05, 3.63) is 71.4 Å². The molecule has 0 saturated carbocycles. The van der Waals surface area contributed by atoms with Crippen molar-refractivity contribution in [3.8, 4) is 0 Å². The average molecular weight is 369 g/mol. The van der Waals surface area contributed by atoms with E-state index in [4.69, 9.17) is 0 Å². The molecule has 0 heterocycles. The number of allylic oxidation sites excluding steroid dienone is 2. The van der Waals surface area contributed by atoms with E-state index in [0.717, 1.165) is 29.2 Å². The molecule has 0 aliphatic rings. The van der Waals surface area contributed by atoms with E-state index in [2.05, 4.69) is 29.2 Å². The van der Waals surface area contributed by atoms with Crippen LogP contribution < -0.4 is 4.90 Å². The SMILES string of the molecule is CCCN(/C(C)=C\C(=O)c1ccc(C(=O)OC)cc1)c1ccccc1S. The largest absolute Gasteiger partial charge is 0.465 e. The highest BCUT2D eigenvalue weighted by Gasteiger charge is 2.13. The first-order valence-corrected chi connectivity index (χ1v) is 8.89. The normalized spacial score (nSPS) is 11.2. The van der Waals surface area contributed by atoms with Crippen LogP contribution in [0.5, 0.6) is 0 Å². The molecular formula is C21H23NO3S. The van der Waals surface area contributed by atoms with Gasteiger partial charge in [0.1, 0.15) is 0 Å². The van der Waals surface area contributed by atoms with Crippen LogP contribution in [0.1, 0.15) is 41.0 Å². The van der Waals surface area contributed by atoms with Crippen LogP contribution in [0, 0.1) is 0 Å². The molecule has 0 atom stereocenters. The van der Waals surface area contributed by atoms with Gasteiger partial charge in [-0.2, -0.15) is 0 Å². The highest BCUT2D eigenvalue weighted by molar-refractivity contribution is 7.80. The molecule has 2 rings (SSSR count). The monoisotopic (exact) mass is 369 g/mol. The number of anilines is 1. The van der Waals surface area contributed by atoms with Gasteiger partial charge in [0.25, 0.3) is 0 Å². The zero-order chi connectivity index (χ0) is 19.1. The molecule has 0 N–H and O–H groups in total. The molecule has 0 aliphatic heterocycles. The van der Waals surface area contributed by atoms with Gasteiger partial charge in [-0.3, -0.25) is 4.79 Å². The molecule has 0 saturated heterocycles. The third-order valence-electron chi connectivity index (χ3n) is 3.98. The van der Waals surface area contributed by atoms with Gasteiger partial charge >= 0.3 is 5.97 Å². The van der Waals surface area contributed by atoms with Gasteiger partial charge in [-0.1, -0.05) is 31.2 Å². The van der Waals surface area contributed by atoms with Crippen LogP contribution in [-0.4, -0.2) is 25.4 Å². The van der Waals surface area contributed by atoms with E-state index in [-0.39, 0.29) is 5.78 Å². The number of carbonyl (C=O) groups is 2. The second kappa shape index (κ2) is 9.25. The van der Waals surface area contributed by atoms with Gasteiger partial charge < -0.3 is 9.64 Å². The second-order valence-corrected chi connectivity index (χ2v) is 6.34. The fourth-order valence-electron chi connectivity index (χ4n) is 2.64. The lowest BCUT2D eigenvalue weighted by Gasteiger charge is -2.26. The maximum Gasteiger partial charge on any atom is 0.337 e. The lowest BCUT2D eigenvalue weighted by atomic mass is 10.1. The Hall–Kier alpha value is -2.53. The van der Waals surface area contributed by atoms with Crippen molar-refractivity contribution in [1.82, 2.24) is 0 Å². The third kappa shape index (κ3) is 4.76. The lowest BCUT2D eigenvalue weighted by molar-refractivity contribution is 0.0600. The number of ketones is 1. The van der Waals surface area contributed by atoms with Crippen LogP contribution in [-0.2, 0) is 4.74 Å². The summed E-state index contributed by atoms with van der Waals surface area (Å²) in [5.74, 6) is -0.535. The molecule has 0 unspecified atom stereocenters. The molecule has 0 fully saturated rings. The third-order valence-corrected chi connectivity index (χ3v) is 4.35. The Kier molecular flexibility index (Phi) is 7.04. The minimum Gasteiger partial charge on any atom is -0.465 e. The second-order valence-electron chi connectivity index (χ2n) is 5.86. The summed E-state index contributed by atoms with van der Waals surface area (Å²) in [5.41, 5.74) is 2.75. The molecular weight excluding hydrogens is 346 g/mol. The van der Waals surface area contributed by atoms with Gasteiger partial charge in [0.15, 0.2) is 5.78 Å². The number of para-hydroxylation sites is 1. The number of esters is 1. The zero-order valence-electron chi connectivity index (χ0n) is 15.2. The van der Waals surface area contributed by atoms with Gasteiger partial charge in [-0.25, -0.2) is 4.79 Å². The Bertz CT molecular complexity index is 812. The van der Waals surface area contributed by atoms with E-state index >= 15 is 0 Å². The Morgan fingerprint density at radius 3 is 2.27 bits per heavy atom. The first-order chi connectivity index (χ1) is 12.5. The van der Waals surface area contributed by atoms with Crippen LogP contribution in [0.25, 0.3) is 0 Å². The van der Waals surface area contributed by atoms with Crippen LogP contribution in [0.3, 0.4) is 0 Å². The number of ether oxygens (including phenoxy) is 1. The van der Waals surface area contributed by atoms with E-state index in [1.165, 1.54) is 7.11 Å². The lowest BCUT2D eigenvalue weighted by Crippen LogP contribution is -2.23. The standard InChI is InChI=1S/C21H23NO3S/c1-4-13-22(18-7-5-6-8-20(18)26)15(2)14-19(23)16-9-11-17(12-10-16)21(24)25-3/h5-12,14,26H,4,13H2,1-3H3/b15-14-. The van der Waals surface area contributed by atoms with Gasteiger partial charge in [-0.15, -0.1) is 12.6 Å². The molecule has 0 aromatic heterocycles. The quantitative estimate of drug-likeness (QED) is 0.331. The van der Waals surface area contributed by atoms with Crippen molar-refractivity contribution in [2.75, 3.05) is 18.6 Å². The predicted molar refractivity (Wildman–Crippen MR) is 107 cm³/mol. The molecule has 0 radical (unpaired) electrons. The van der Waals surface area contributed by atoms with Gasteiger partial charge in [0, 0.05) is 28.8 Å². The van der Waals surface area contributed by atoms with E-state index in [1.54, 1.807) is 30.3 Å². The van der Waals surface area contributed by atoms with Crippen molar-refractivity contribution in [1.29, 1.82) is 0 Å². The van der Waals surface area contributed by atoms with Gasteiger partial charge in [0.2, 0.25) is 0 Å². The van der Waals surface area contributed by atoms with Crippen molar-refractivity contribution in [2.45, 2.75) is 25.2 Å². The number of carbonyl (C=O) groups excluding carboxylic acids is 2. The molecule has 0 amide bonds. The van der Waals surface area contributed by atoms with Crippen LogP contribution in [0.15, 0.2) is 65.2 Å². The minimum atomic E-state index is -0.421. The summed E-state index contributed by atoms with van der Waals surface area (Å²) in [6, 6.07) is 14.3. The number of thiol groups is 1. The first kappa shape index (κ1) is 19.8. The number of hydrogen-bond donors (Lipinski definition) is 1. The summed E-state index contributed by atoms with van der Waals surface area (Å²) in [4.78, 5) is 27.0. The summed E-state index contributed by atoms with van der Waals surface area (Å²) < 4.78 is 4.67. The highest BCUT2D eigenvalue weighted by atomic mass is 32.1. The molecule has 4 nitrogen and oxygen atoms in total. The average Bonchev–Trinajstić information content (AvgIpc) is 2.66. The van der Waals surface area contributed by atoms with Crippen molar-refractivity contribution >= 4 is 30.1 Å². The van der Waals surface area contributed by atoms with E-state index < -0.39 is 5.97 Å². The summed E-state index contributed by atoms with van der Waals surface area (Å²) in [6.07, 6.45) is 2.55. The fourth-order valence-corrected chi connectivity index (χ4v) is 2.92. The van der Waals surface area contributed by atoms with Crippen LogP contribution >= 0.6 is 12.6 Å². The molecule has 0 aliphatic carbocycles. The number of nitrogens with zero attached hydrogens (tertiary/aromatic N) is 1. The molecule has 0 spiro atoms. The van der Waals surface area contributed by atoms with Crippen LogP contribution in [0.2, 0.25) is 0 Å². The Balaban J connectivity index is 2.26. The van der Waals surface area contributed by atoms with Crippen molar-refractivity contribution in [3.63, 3.8) is 0 Å². The molecule has 5 heteroatoms. The fraction of sp³-hybridized carbons (Fsp3) is 0.238. The Morgan fingerprint density at radius 2 is 1.69 bits per heavy atom. The van der Waals surface area contributed by atoms with Gasteiger partial charge in [-0.05, 0) is 37.6 Å². The molecule has 2 aromatic carbocycles. The molecule has 2 aromatic rings. The van der Waals surface area contributed by atoms with Crippen LogP contribution in [0.4, 0.5) is 5.69 Å². The summed E-state index contributed by atoms with van der Waals surface area (Å²) in [7, 11) is 1.33. The maximum atomic E-state index is 12.6. The van der Waals surface area contributed by atoms with E-state index in [0.29, 0.717) is 11.1 Å². The summed E-state index contributed by atoms with van der Waals surface area (Å²) >= 11 is 4.53. The minimum absolute atomic E-state index is 0.114. The van der Waals surface area contributed by atoms with E-state index in [9.17, 15) is 9.59 Å². The number of methoxy groups -OCH3 is 1. The smallest absolute Gasteiger partial charge is 0.337 e. The summed E-state index contributed by atoms with van der Waals surface area (Å²) in [5, 5.41) is 0. The summed E-state index contributed by atoms with van der Waals surface area (Å²) in [6.45, 7) is 4.79. The topological polar surface area (TPSA) is 46.6 Å². The van der Waals surface area contributed by atoms with Crippen molar-refractivity contribution < 1.29 is 14.3 Å². The number of hydrogen-bond acceptors (Lipinski definition) is 5. The highest BCUT2D eigenvalue weighted by Crippen LogP contribution is 2.27. The number of benzene rings is 2. The zero-order valence-corrected chi connectivity index (χ0v) is 16.1. The van der Waals surface area contributed by atoms with E-state index in [1.807, 2.05) is 31.2 Å². The molecule has 26 heavy (non-hydrogen) atoms. The predicted octanol–water partition coefficient (Wildman–Crippen LogP) is 4.77. The number of rotatable bonds is 7. The first-order valence-electron chi connectivity index (χ1n) is 8.44. The molecule has 136 valence electrons. The van der Waals surface area contributed by atoms with Gasteiger partial charge in [0.05, 0.1) is 18.4 Å². The van der Waals surface area contributed by atoms with Crippen molar-refractivity contribution in [2.24, 2.45) is 0 Å². The maximum absolute atomic E-state index is 12.6. The Morgan fingerprint density at radius 1 is 1.08 bits per heavy atom.